The molecule has 1 unspecified atom stereocenters. The summed E-state index contributed by atoms with van der Waals surface area (Å²) in [6, 6.07) is 4.44. The van der Waals surface area contributed by atoms with E-state index in [1.54, 1.807) is 7.11 Å². The fourth-order valence-corrected chi connectivity index (χ4v) is 2.78. The van der Waals surface area contributed by atoms with Crippen molar-refractivity contribution in [3.8, 4) is 0 Å². The molecule has 3 heterocycles. The summed E-state index contributed by atoms with van der Waals surface area (Å²) >= 11 is 0. The molecule has 0 spiro atoms. The third kappa shape index (κ3) is 2.48. The summed E-state index contributed by atoms with van der Waals surface area (Å²) in [6.45, 7) is 2.81. The molecule has 1 saturated heterocycles. The molecular weight excluding hydrogens is 240 g/mol. The maximum absolute atomic E-state index is 5.19. The standard InChI is InChI=1S/C14H20N4O/c1-19-9-6-13-17-12-5-3-8-16-14(12)18(13)11-4-2-7-15-10-11/h3,5,8,11,15H,2,4,6-7,9-10H2,1H3. The fraction of sp³-hybridized carbons (Fsp3) is 0.571. The highest BCUT2D eigenvalue weighted by Crippen LogP contribution is 2.24. The largest absolute Gasteiger partial charge is 0.384 e. The van der Waals surface area contributed by atoms with Crippen LogP contribution in [0.2, 0.25) is 0 Å². The Hall–Kier alpha value is -1.46. The van der Waals surface area contributed by atoms with E-state index in [1.807, 2.05) is 18.3 Å². The van der Waals surface area contributed by atoms with Crippen LogP contribution in [0.5, 0.6) is 0 Å². The number of fused-ring (bicyclic) bond motifs is 1. The third-order valence-corrected chi connectivity index (χ3v) is 3.69. The maximum Gasteiger partial charge on any atom is 0.160 e. The summed E-state index contributed by atoms with van der Waals surface area (Å²) in [5.41, 5.74) is 1.99. The minimum atomic E-state index is 0.459. The molecule has 3 rings (SSSR count). The lowest BCUT2D eigenvalue weighted by molar-refractivity contribution is 0.198. The Kier molecular flexibility index (Phi) is 3.75. The van der Waals surface area contributed by atoms with Crippen molar-refractivity contribution in [3.05, 3.63) is 24.2 Å². The molecule has 19 heavy (non-hydrogen) atoms. The van der Waals surface area contributed by atoms with E-state index in [-0.39, 0.29) is 0 Å². The number of pyridine rings is 1. The van der Waals surface area contributed by atoms with Gasteiger partial charge in [0.2, 0.25) is 0 Å². The van der Waals surface area contributed by atoms with Gasteiger partial charge in [0.15, 0.2) is 5.65 Å². The van der Waals surface area contributed by atoms with Gasteiger partial charge in [-0.25, -0.2) is 9.97 Å². The lowest BCUT2D eigenvalue weighted by Crippen LogP contribution is -2.32. The number of hydrogen-bond acceptors (Lipinski definition) is 4. The molecule has 2 aromatic rings. The van der Waals surface area contributed by atoms with Crippen LogP contribution in [0.3, 0.4) is 0 Å². The summed E-state index contributed by atoms with van der Waals surface area (Å²) < 4.78 is 7.50. The highest BCUT2D eigenvalue weighted by molar-refractivity contribution is 5.71. The van der Waals surface area contributed by atoms with Crippen LogP contribution < -0.4 is 5.32 Å². The number of ether oxygens (including phenoxy) is 1. The van der Waals surface area contributed by atoms with Crippen LogP contribution in [-0.2, 0) is 11.2 Å². The molecule has 0 bridgehead atoms. The monoisotopic (exact) mass is 260 g/mol. The number of hydrogen-bond donors (Lipinski definition) is 1. The summed E-state index contributed by atoms with van der Waals surface area (Å²) in [5, 5.41) is 3.46. The van der Waals surface area contributed by atoms with E-state index in [9.17, 15) is 0 Å². The minimum absolute atomic E-state index is 0.459. The Balaban J connectivity index is 2.01. The van der Waals surface area contributed by atoms with Crippen LogP contribution in [0.15, 0.2) is 18.3 Å². The van der Waals surface area contributed by atoms with Crippen molar-refractivity contribution in [1.29, 1.82) is 0 Å². The van der Waals surface area contributed by atoms with Crippen LogP contribution in [0.25, 0.3) is 11.2 Å². The Morgan fingerprint density at radius 2 is 2.47 bits per heavy atom. The summed E-state index contributed by atoms with van der Waals surface area (Å²) in [5.74, 6) is 1.09. The van der Waals surface area contributed by atoms with E-state index >= 15 is 0 Å². The van der Waals surface area contributed by atoms with Gasteiger partial charge in [-0.05, 0) is 31.5 Å². The van der Waals surface area contributed by atoms with E-state index in [1.165, 1.54) is 12.8 Å². The number of rotatable bonds is 4. The molecule has 2 aromatic heterocycles. The van der Waals surface area contributed by atoms with Crippen molar-refractivity contribution in [3.63, 3.8) is 0 Å². The second-order valence-electron chi connectivity index (χ2n) is 4.99. The first-order chi connectivity index (χ1) is 9.40. The van der Waals surface area contributed by atoms with Gasteiger partial charge >= 0.3 is 0 Å². The van der Waals surface area contributed by atoms with Gasteiger partial charge in [0.1, 0.15) is 11.3 Å². The number of imidazole rings is 1. The molecule has 0 aromatic carbocycles. The minimum Gasteiger partial charge on any atom is -0.384 e. The highest BCUT2D eigenvalue weighted by Gasteiger charge is 2.21. The smallest absolute Gasteiger partial charge is 0.160 e. The SMILES string of the molecule is COCCc1nc2cccnc2n1C1CCCNC1. The van der Waals surface area contributed by atoms with Crippen molar-refractivity contribution >= 4 is 11.2 Å². The average molecular weight is 260 g/mol. The van der Waals surface area contributed by atoms with E-state index in [2.05, 4.69) is 14.9 Å². The van der Waals surface area contributed by atoms with Crippen molar-refractivity contribution in [2.45, 2.75) is 25.3 Å². The van der Waals surface area contributed by atoms with E-state index in [4.69, 9.17) is 9.72 Å². The molecule has 102 valence electrons. The molecular formula is C14H20N4O. The molecule has 0 aliphatic carbocycles. The normalized spacial score (nSPS) is 19.9. The highest BCUT2D eigenvalue weighted by atomic mass is 16.5. The topological polar surface area (TPSA) is 52.0 Å². The number of nitrogens with zero attached hydrogens (tertiary/aromatic N) is 3. The van der Waals surface area contributed by atoms with Crippen LogP contribution in [0.1, 0.15) is 24.7 Å². The summed E-state index contributed by atoms with van der Waals surface area (Å²) in [6.07, 6.45) is 5.08. The van der Waals surface area contributed by atoms with E-state index in [0.29, 0.717) is 12.6 Å². The molecule has 1 aliphatic rings. The van der Waals surface area contributed by atoms with Gasteiger partial charge in [-0.3, -0.25) is 0 Å². The van der Waals surface area contributed by atoms with Gasteiger partial charge in [0, 0.05) is 32.3 Å². The van der Waals surface area contributed by atoms with Crippen molar-refractivity contribution in [2.24, 2.45) is 0 Å². The van der Waals surface area contributed by atoms with E-state index < -0.39 is 0 Å². The lowest BCUT2D eigenvalue weighted by atomic mass is 10.1. The fourth-order valence-electron chi connectivity index (χ4n) is 2.78. The van der Waals surface area contributed by atoms with Crippen molar-refractivity contribution in [1.82, 2.24) is 19.9 Å². The first-order valence-corrected chi connectivity index (χ1v) is 6.91. The first-order valence-electron chi connectivity index (χ1n) is 6.91. The van der Waals surface area contributed by atoms with Gasteiger partial charge in [-0.15, -0.1) is 0 Å². The zero-order valence-electron chi connectivity index (χ0n) is 11.3. The van der Waals surface area contributed by atoms with Crippen LogP contribution in [-0.4, -0.2) is 41.3 Å². The van der Waals surface area contributed by atoms with Crippen LogP contribution in [0.4, 0.5) is 0 Å². The Morgan fingerprint density at radius 1 is 1.53 bits per heavy atom. The predicted molar refractivity (Wildman–Crippen MR) is 74.2 cm³/mol. The lowest BCUT2D eigenvalue weighted by Gasteiger charge is -2.26. The zero-order valence-corrected chi connectivity index (χ0v) is 11.3. The molecule has 5 heteroatoms. The second kappa shape index (κ2) is 5.67. The van der Waals surface area contributed by atoms with Crippen LogP contribution >= 0.6 is 0 Å². The van der Waals surface area contributed by atoms with Crippen LogP contribution in [0, 0.1) is 0 Å². The van der Waals surface area contributed by atoms with Gasteiger partial charge in [-0.1, -0.05) is 0 Å². The third-order valence-electron chi connectivity index (χ3n) is 3.69. The average Bonchev–Trinajstić information content (AvgIpc) is 2.84. The Morgan fingerprint density at radius 3 is 3.26 bits per heavy atom. The quantitative estimate of drug-likeness (QED) is 0.906. The molecule has 0 radical (unpaired) electrons. The van der Waals surface area contributed by atoms with Crippen molar-refractivity contribution in [2.75, 3.05) is 26.8 Å². The Bertz CT molecular complexity index is 545. The number of methoxy groups -OCH3 is 1. The second-order valence-corrected chi connectivity index (χ2v) is 4.99. The molecule has 1 atom stereocenters. The number of piperidine rings is 1. The zero-order chi connectivity index (χ0) is 13.1. The van der Waals surface area contributed by atoms with Gasteiger partial charge < -0.3 is 14.6 Å². The summed E-state index contributed by atoms with van der Waals surface area (Å²) in [7, 11) is 1.73. The molecule has 0 saturated carbocycles. The number of aromatic nitrogens is 3. The Labute approximate surface area is 113 Å². The van der Waals surface area contributed by atoms with Crippen molar-refractivity contribution < 1.29 is 4.74 Å². The van der Waals surface area contributed by atoms with Gasteiger partial charge in [0.25, 0.3) is 0 Å². The number of nitrogens with one attached hydrogen (secondary N) is 1. The summed E-state index contributed by atoms with van der Waals surface area (Å²) in [4.78, 5) is 9.24. The first kappa shape index (κ1) is 12.6. The van der Waals surface area contributed by atoms with E-state index in [0.717, 1.165) is 36.5 Å². The molecule has 1 N–H and O–H groups in total. The molecule has 0 amide bonds. The molecule has 5 nitrogen and oxygen atoms in total. The molecule has 1 fully saturated rings. The van der Waals surface area contributed by atoms with Gasteiger partial charge in [-0.2, -0.15) is 0 Å². The predicted octanol–water partition coefficient (Wildman–Crippen LogP) is 1.54. The molecule has 1 aliphatic heterocycles. The maximum atomic E-state index is 5.19. The van der Waals surface area contributed by atoms with Gasteiger partial charge in [0.05, 0.1) is 6.61 Å².